The molecule has 1 aromatic heterocycles. The zero-order chi connectivity index (χ0) is 13.5. The van der Waals surface area contributed by atoms with Crippen LogP contribution in [0.4, 0.5) is 0 Å². The van der Waals surface area contributed by atoms with E-state index in [4.69, 9.17) is 5.73 Å². The molecular weight excluding hydrogens is 234 g/mol. The molecule has 3 heteroatoms. The minimum atomic E-state index is 0.177. The van der Waals surface area contributed by atoms with Crippen LogP contribution in [0, 0.1) is 5.41 Å². The van der Waals surface area contributed by atoms with Crippen molar-refractivity contribution in [2.45, 2.75) is 38.8 Å². The zero-order valence-electron chi connectivity index (χ0n) is 11.6. The average Bonchev–Trinajstić information content (AvgIpc) is 2.98. The van der Waals surface area contributed by atoms with Gasteiger partial charge in [0.15, 0.2) is 0 Å². The predicted molar refractivity (Wildman–Crippen MR) is 77.7 cm³/mol. The number of nitrogens with two attached hydrogens (primary N) is 1. The summed E-state index contributed by atoms with van der Waals surface area (Å²) < 4.78 is 2.06. The van der Waals surface area contributed by atoms with Crippen LogP contribution in [0.3, 0.4) is 0 Å². The molecule has 3 nitrogen and oxygen atoms in total. The summed E-state index contributed by atoms with van der Waals surface area (Å²) in [5, 5.41) is 4.53. The largest absolute Gasteiger partial charge is 0.325 e. The molecule has 0 amide bonds. The molecular formula is C16H21N3. The Kier molecular flexibility index (Phi) is 2.94. The summed E-state index contributed by atoms with van der Waals surface area (Å²) in [5.41, 5.74) is 8.96. The molecule has 0 spiro atoms. The fraction of sp³-hybridized carbons (Fsp3) is 0.438. The highest BCUT2D eigenvalue weighted by atomic mass is 15.3. The first-order valence-corrected chi connectivity index (χ1v) is 6.93. The third-order valence-electron chi connectivity index (χ3n) is 4.45. The van der Waals surface area contributed by atoms with Gasteiger partial charge >= 0.3 is 0 Å². The SMILES string of the molecule is CC1(C)CCC(n2cc(-c3ccccc3)cn2)C1N. The van der Waals surface area contributed by atoms with Crippen LogP contribution in [0.2, 0.25) is 0 Å². The number of hydrogen-bond acceptors (Lipinski definition) is 2. The fourth-order valence-electron chi connectivity index (χ4n) is 2.98. The van der Waals surface area contributed by atoms with Crippen molar-refractivity contribution in [2.75, 3.05) is 0 Å². The average molecular weight is 255 g/mol. The van der Waals surface area contributed by atoms with Gasteiger partial charge in [0.1, 0.15) is 0 Å². The van der Waals surface area contributed by atoms with Crippen LogP contribution in [0.15, 0.2) is 42.7 Å². The van der Waals surface area contributed by atoms with E-state index in [-0.39, 0.29) is 11.5 Å². The van der Waals surface area contributed by atoms with Crippen LogP contribution >= 0.6 is 0 Å². The Balaban J connectivity index is 1.87. The maximum atomic E-state index is 6.38. The second-order valence-electron chi connectivity index (χ2n) is 6.20. The van der Waals surface area contributed by atoms with Gasteiger partial charge < -0.3 is 5.73 Å². The van der Waals surface area contributed by atoms with E-state index in [1.807, 2.05) is 12.3 Å². The first kappa shape index (κ1) is 12.4. The van der Waals surface area contributed by atoms with Gasteiger partial charge in [0.25, 0.3) is 0 Å². The normalized spacial score (nSPS) is 25.6. The van der Waals surface area contributed by atoms with E-state index < -0.39 is 0 Å². The smallest absolute Gasteiger partial charge is 0.0675 e. The van der Waals surface area contributed by atoms with Gasteiger partial charge in [-0.25, -0.2) is 0 Å². The molecule has 2 unspecified atom stereocenters. The lowest BCUT2D eigenvalue weighted by molar-refractivity contribution is 0.291. The number of rotatable bonds is 2. The molecule has 1 aliphatic carbocycles. The summed E-state index contributed by atoms with van der Waals surface area (Å²) in [6.07, 6.45) is 6.35. The lowest BCUT2D eigenvalue weighted by Gasteiger charge is -2.26. The highest BCUT2D eigenvalue weighted by Gasteiger charge is 2.40. The van der Waals surface area contributed by atoms with Gasteiger partial charge in [0.2, 0.25) is 0 Å². The molecule has 0 bridgehead atoms. The molecule has 100 valence electrons. The van der Waals surface area contributed by atoms with Gasteiger partial charge in [0.05, 0.1) is 12.2 Å². The highest BCUT2D eigenvalue weighted by Crippen LogP contribution is 2.42. The Morgan fingerprint density at radius 1 is 1.21 bits per heavy atom. The van der Waals surface area contributed by atoms with E-state index >= 15 is 0 Å². The van der Waals surface area contributed by atoms with Crippen LogP contribution in [0.5, 0.6) is 0 Å². The van der Waals surface area contributed by atoms with Crippen molar-refractivity contribution in [3.05, 3.63) is 42.7 Å². The van der Waals surface area contributed by atoms with E-state index in [1.54, 1.807) is 0 Å². The van der Waals surface area contributed by atoms with Gasteiger partial charge in [-0.05, 0) is 23.8 Å². The second kappa shape index (κ2) is 4.49. The predicted octanol–water partition coefficient (Wildman–Crippen LogP) is 3.24. The van der Waals surface area contributed by atoms with E-state index in [0.29, 0.717) is 6.04 Å². The van der Waals surface area contributed by atoms with Crippen LogP contribution < -0.4 is 5.73 Å². The monoisotopic (exact) mass is 255 g/mol. The van der Waals surface area contributed by atoms with Gasteiger partial charge in [-0.3, -0.25) is 4.68 Å². The van der Waals surface area contributed by atoms with Gasteiger partial charge in [-0.1, -0.05) is 44.2 Å². The molecule has 1 aliphatic rings. The van der Waals surface area contributed by atoms with Crippen molar-refractivity contribution in [2.24, 2.45) is 11.1 Å². The minimum Gasteiger partial charge on any atom is -0.325 e. The Morgan fingerprint density at radius 3 is 2.58 bits per heavy atom. The maximum absolute atomic E-state index is 6.38. The first-order valence-electron chi connectivity index (χ1n) is 6.93. The van der Waals surface area contributed by atoms with E-state index in [0.717, 1.165) is 12.0 Å². The van der Waals surface area contributed by atoms with Crippen molar-refractivity contribution >= 4 is 0 Å². The molecule has 2 atom stereocenters. The van der Waals surface area contributed by atoms with Crippen LogP contribution in [0.25, 0.3) is 11.1 Å². The lowest BCUT2D eigenvalue weighted by atomic mass is 9.87. The number of hydrogen-bond donors (Lipinski definition) is 1. The second-order valence-corrected chi connectivity index (χ2v) is 6.20. The number of aromatic nitrogens is 2. The summed E-state index contributed by atoms with van der Waals surface area (Å²) in [6, 6.07) is 10.9. The fourth-order valence-corrected chi connectivity index (χ4v) is 2.98. The summed E-state index contributed by atoms with van der Waals surface area (Å²) >= 11 is 0. The summed E-state index contributed by atoms with van der Waals surface area (Å²) in [4.78, 5) is 0. The topological polar surface area (TPSA) is 43.8 Å². The molecule has 0 radical (unpaired) electrons. The van der Waals surface area contributed by atoms with Gasteiger partial charge in [0, 0.05) is 17.8 Å². The van der Waals surface area contributed by atoms with Crippen molar-refractivity contribution in [3.8, 4) is 11.1 Å². The highest BCUT2D eigenvalue weighted by molar-refractivity contribution is 5.61. The molecule has 1 heterocycles. The standard InChI is InChI=1S/C16H21N3/c1-16(2)9-8-14(15(16)17)19-11-13(10-18-19)12-6-4-3-5-7-12/h3-7,10-11,14-15H,8-9,17H2,1-2H3. The molecule has 19 heavy (non-hydrogen) atoms. The third kappa shape index (κ3) is 2.19. The Bertz CT molecular complexity index is 556. The molecule has 0 saturated heterocycles. The molecule has 2 N–H and O–H groups in total. The Hall–Kier alpha value is -1.61. The number of benzene rings is 1. The van der Waals surface area contributed by atoms with Crippen molar-refractivity contribution in [3.63, 3.8) is 0 Å². The maximum Gasteiger partial charge on any atom is 0.0675 e. The molecule has 2 aromatic rings. The van der Waals surface area contributed by atoms with Gasteiger partial charge in [-0.2, -0.15) is 5.10 Å². The summed E-state index contributed by atoms with van der Waals surface area (Å²) in [7, 11) is 0. The molecule has 1 aromatic carbocycles. The van der Waals surface area contributed by atoms with E-state index in [2.05, 4.69) is 54.1 Å². The minimum absolute atomic E-state index is 0.177. The van der Waals surface area contributed by atoms with E-state index in [9.17, 15) is 0 Å². The molecule has 1 saturated carbocycles. The quantitative estimate of drug-likeness (QED) is 0.895. The Morgan fingerprint density at radius 2 is 1.95 bits per heavy atom. The molecule has 3 rings (SSSR count). The van der Waals surface area contributed by atoms with Crippen molar-refractivity contribution < 1.29 is 0 Å². The summed E-state index contributed by atoms with van der Waals surface area (Å²) in [6.45, 7) is 4.50. The molecule has 1 fully saturated rings. The first-order chi connectivity index (χ1) is 9.08. The molecule has 0 aliphatic heterocycles. The van der Waals surface area contributed by atoms with Crippen LogP contribution in [-0.2, 0) is 0 Å². The van der Waals surface area contributed by atoms with Crippen LogP contribution in [-0.4, -0.2) is 15.8 Å². The van der Waals surface area contributed by atoms with E-state index in [1.165, 1.54) is 12.0 Å². The summed E-state index contributed by atoms with van der Waals surface area (Å²) in [5.74, 6) is 0. The van der Waals surface area contributed by atoms with Gasteiger partial charge in [-0.15, -0.1) is 0 Å². The third-order valence-corrected chi connectivity index (χ3v) is 4.45. The van der Waals surface area contributed by atoms with Crippen LogP contribution in [0.1, 0.15) is 32.7 Å². The van der Waals surface area contributed by atoms with Crippen molar-refractivity contribution in [1.82, 2.24) is 9.78 Å². The number of nitrogens with zero attached hydrogens (tertiary/aromatic N) is 2. The zero-order valence-corrected chi connectivity index (χ0v) is 11.6. The lowest BCUT2D eigenvalue weighted by Crippen LogP contribution is -2.38. The Labute approximate surface area is 114 Å². The van der Waals surface area contributed by atoms with Crippen molar-refractivity contribution in [1.29, 1.82) is 0 Å².